The molecule has 0 aliphatic heterocycles. The van der Waals surface area contributed by atoms with Gasteiger partial charge in [0.05, 0.1) is 11.0 Å². The molecule has 0 heterocycles. The van der Waals surface area contributed by atoms with Crippen molar-refractivity contribution >= 4 is 11.6 Å². The lowest BCUT2D eigenvalue weighted by Crippen LogP contribution is -2.54. The van der Waals surface area contributed by atoms with Crippen LogP contribution < -0.4 is 4.74 Å². The number of amides is 1. The molecule has 7 heteroatoms. The van der Waals surface area contributed by atoms with Crippen LogP contribution in [0.2, 0.25) is 0 Å². The summed E-state index contributed by atoms with van der Waals surface area (Å²) in [6, 6.07) is 7.69. The van der Waals surface area contributed by atoms with Crippen LogP contribution >= 0.6 is 0 Å². The Bertz CT molecular complexity index is 587. The Balaban J connectivity index is 1.92. The molecule has 1 saturated carbocycles. The second-order valence-electron chi connectivity index (χ2n) is 4.99. The first kappa shape index (κ1) is 14.8. The number of nitro benzene ring substituents is 1. The average Bonchev–Trinajstić information content (AvgIpc) is 2.44. The third-order valence-electron chi connectivity index (χ3n) is 3.81. The maximum Gasteiger partial charge on any atom is 0.269 e. The van der Waals surface area contributed by atoms with Gasteiger partial charge in [-0.2, -0.15) is 5.26 Å². The van der Waals surface area contributed by atoms with Crippen molar-refractivity contribution in [3.63, 3.8) is 0 Å². The number of benzene rings is 1. The SMILES string of the molecule is CN(C(=O)COc1ccc([N+](=O)[O-])cc1)C1(C#N)CCC1. The first-order valence-corrected chi connectivity index (χ1v) is 6.54. The molecule has 0 saturated heterocycles. The van der Waals surface area contributed by atoms with Gasteiger partial charge in [0.25, 0.3) is 11.6 Å². The number of non-ortho nitro benzene ring substituents is 1. The van der Waals surface area contributed by atoms with E-state index in [4.69, 9.17) is 4.74 Å². The molecule has 0 aromatic heterocycles. The Morgan fingerprint density at radius 1 is 1.48 bits per heavy atom. The number of ether oxygens (including phenoxy) is 1. The van der Waals surface area contributed by atoms with Gasteiger partial charge in [-0.05, 0) is 31.4 Å². The summed E-state index contributed by atoms with van der Waals surface area (Å²) in [5, 5.41) is 19.7. The lowest BCUT2D eigenvalue weighted by molar-refractivity contribution is -0.384. The second-order valence-corrected chi connectivity index (χ2v) is 4.99. The predicted molar refractivity (Wildman–Crippen MR) is 73.6 cm³/mol. The molecule has 1 aromatic rings. The zero-order valence-electron chi connectivity index (χ0n) is 11.6. The van der Waals surface area contributed by atoms with Crippen LogP contribution in [0.4, 0.5) is 5.69 Å². The third-order valence-corrected chi connectivity index (χ3v) is 3.81. The molecule has 7 nitrogen and oxygen atoms in total. The van der Waals surface area contributed by atoms with Gasteiger partial charge in [0, 0.05) is 19.2 Å². The van der Waals surface area contributed by atoms with Crippen molar-refractivity contribution in [2.75, 3.05) is 13.7 Å². The third kappa shape index (κ3) is 2.94. The van der Waals surface area contributed by atoms with E-state index in [2.05, 4.69) is 6.07 Å². The number of hydrogen-bond donors (Lipinski definition) is 0. The van der Waals surface area contributed by atoms with E-state index >= 15 is 0 Å². The fourth-order valence-electron chi connectivity index (χ4n) is 2.18. The molecule has 110 valence electrons. The van der Waals surface area contributed by atoms with Gasteiger partial charge in [0.1, 0.15) is 11.3 Å². The van der Waals surface area contributed by atoms with Crippen molar-refractivity contribution in [3.05, 3.63) is 34.4 Å². The fraction of sp³-hybridized carbons (Fsp3) is 0.429. The number of rotatable bonds is 5. The monoisotopic (exact) mass is 289 g/mol. The normalized spacial score (nSPS) is 15.4. The number of carbonyl (C=O) groups excluding carboxylic acids is 1. The van der Waals surface area contributed by atoms with Crippen molar-refractivity contribution in [1.82, 2.24) is 4.90 Å². The van der Waals surface area contributed by atoms with Gasteiger partial charge < -0.3 is 9.64 Å². The Hall–Kier alpha value is -2.62. The summed E-state index contributed by atoms with van der Waals surface area (Å²) in [6.07, 6.45) is 2.31. The molecular weight excluding hydrogens is 274 g/mol. The maximum absolute atomic E-state index is 12.0. The molecular formula is C14H15N3O4. The molecule has 0 radical (unpaired) electrons. The number of likely N-dealkylation sites (N-methyl/N-ethyl adjacent to an activating group) is 1. The van der Waals surface area contributed by atoms with Crippen LogP contribution in [0.25, 0.3) is 0 Å². The summed E-state index contributed by atoms with van der Waals surface area (Å²) < 4.78 is 5.31. The lowest BCUT2D eigenvalue weighted by Gasteiger charge is -2.42. The summed E-state index contributed by atoms with van der Waals surface area (Å²) in [5.74, 6) is 0.0940. The Labute approximate surface area is 121 Å². The zero-order chi connectivity index (χ0) is 15.5. The zero-order valence-corrected chi connectivity index (χ0v) is 11.6. The smallest absolute Gasteiger partial charge is 0.269 e. The van der Waals surface area contributed by atoms with Gasteiger partial charge in [0.15, 0.2) is 6.61 Å². The van der Waals surface area contributed by atoms with Crippen LogP contribution in [-0.4, -0.2) is 34.9 Å². The second kappa shape index (κ2) is 5.79. The molecule has 1 fully saturated rings. The van der Waals surface area contributed by atoms with Crippen molar-refractivity contribution in [3.8, 4) is 11.8 Å². The van der Waals surface area contributed by atoms with Crippen LogP contribution in [0, 0.1) is 21.4 Å². The predicted octanol–water partition coefficient (Wildman–Crippen LogP) is 1.88. The van der Waals surface area contributed by atoms with Gasteiger partial charge in [0.2, 0.25) is 0 Å². The van der Waals surface area contributed by atoms with Gasteiger partial charge >= 0.3 is 0 Å². The minimum Gasteiger partial charge on any atom is -0.484 e. The van der Waals surface area contributed by atoms with Crippen molar-refractivity contribution in [1.29, 1.82) is 5.26 Å². The number of hydrogen-bond acceptors (Lipinski definition) is 5. The summed E-state index contributed by atoms with van der Waals surface area (Å²) >= 11 is 0. The highest BCUT2D eigenvalue weighted by atomic mass is 16.6. The highest BCUT2D eigenvalue weighted by Gasteiger charge is 2.43. The minimum absolute atomic E-state index is 0.0382. The van der Waals surface area contributed by atoms with Crippen molar-refractivity contribution < 1.29 is 14.5 Å². The van der Waals surface area contributed by atoms with Crippen LogP contribution in [0.1, 0.15) is 19.3 Å². The highest BCUT2D eigenvalue weighted by Crippen LogP contribution is 2.36. The lowest BCUT2D eigenvalue weighted by atomic mass is 9.77. The van der Waals surface area contributed by atoms with E-state index in [-0.39, 0.29) is 18.2 Å². The molecule has 1 aliphatic rings. The van der Waals surface area contributed by atoms with Crippen LogP contribution in [0.5, 0.6) is 5.75 Å². The van der Waals surface area contributed by atoms with E-state index in [1.807, 2.05) is 0 Å². The number of nitro groups is 1. The largest absolute Gasteiger partial charge is 0.484 e. The molecule has 0 unspecified atom stereocenters. The van der Waals surface area contributed by atoms with Gasteiger partial charge in [-0.25, -0.2) is 0 Å². The summed E-state index contributed by atoms with van der Waals surface area (Å²) in [7, 11) is 1.60. The number of nitrogens with zero attached hydrogens (tertiary/aromatic N) is 3. The molecule has 1 aromatic carbocycles. The van der Waals surface area contributed by atoms with E-state index < -0.39 is 10.5 Å². The van der Waals surface area contributed by atoms with E-state index in [1.54, 1.807) is 7.05 Å². The number of nitriles is 1. The Morgan fingerprint density at radius 2 is 2.10 bits per heavy atom. The topological polar surface area (TPSA) is 96.5 Å². The van der Waals surface area contributed by atoms with Crippen LogP contribution in [-0.2, 0) is 4.79 Å². The van der Waals surface area contributed by atoms with Gasteiger partial charge in [-0.1, -0.05) is 0 Å². The molecule has 21 heavy (non-hydrogen) atoms. The van der Waals surface area contributed by atoms with Gasteiger partial charge in [-0.3, -0.25) is 14.9 Å². The van der Waals surface area contributed by atoms with E-state index in [0.717, 1.165) is 6.42 Å². The highest BCUT2D eigenvalue weighted by molar-refractivity contribution is 5.79. The molecule has 0 spiro atoms. The quantitative estimate of drug-likeness (QED) is 0.609. The minimum atomic E-state index is -0.698. The van der Waals surface area contributed by atoms with Crippen molar-refractivity contribution in [2.24, 2.45) is 0 Å². The molecule has 0 atom stereocenters. The molecule has 1 aliphatic carbocycles. The molecule has 0 bridgehead atoms. The van der Waals surface area contributed by atoms with Crippen molar-refractivity contribution in [2.45, 2.75) is 24.8 Å². The van der Waals surface area contributed by atoms with Crippen LogP contribution in [0.15, 0.2) is 24.3 Å². The van der Waals surface area contributed by atoms with Gasteiger partial charge in [-0.15, -0.1) is 0 Å². The first-order chi connectivity index (χ1) is 9.98. The fourth-order valence-corrected chi connectivity index (χ4v) is 2.18. The number of carbonyl (C=O) groups is 1. The maximum atomic E-state index is 12.0. The van der Waals surface area contributed by atoms with Crippen LogP contribution in [0.3, 0.4) is 0 Å². The Morgan fingerprint density at radius 3 is 2.52 bits per heavy atom. The molecule has 2 rings (SSSR count). The van der Waals surface area contributed by atoms with E-state index in [9.17, 15) is 20.2 Å². The molecule has 0 N–H and O–H groups in total. The Kier molecular flexibility index (Phi) is 4.08. The average molecular weight is 289 g/mol. The molecule has 1 amide bonds. The van der Waals surface area contributed by atoms with E-state index in [1.165, 1.54) is 29.2 Å². The van der Waals surface area contributed by atoms with E-state index in [0.29, 0.717) is 18.6 Å². The standard InChI is InChI=1S/C14H15N3O4/c1-16(14(10-15)7-2-8-14)13(18)9-21-12-5-3-11(4-6-12)17(19)20/h3-6H,2,7-9H2,1H3. The summed E-state index contributed by atoms with van der Waals surface area (Å²) in [4.78, 5) is 23.5. The summed E-state index contributed by atoms with van der Waals surface area (Å²) in [5.41, 5.74) is -0.737. The summed E-state index contributed by atoms with van der Waals surface area (Å²) in [6.45, 7) is -0.197. The first-order valence-electron chi connectivity index (χ1n) is 6.54.